The summed E-state index contributed by atoms with van der Waals surface area (Å²) in [5.74, 6) is 0.719. The number of rotatable bonds is 2. The number of anilines is 2. The van der Waals surface area contributed by atoms with E-state index in [0.717, 1.165) is 5.82 Å². The standard InChI is InChI=1S/C10H15N3O2/c1-15-9-6-13(5-8(9)14)10-7(11)3-2-4-12-10/h2-4,8-9,14H,5-6,11H2,1H3. The molecule has 0 spiro atoms. The molecule has 1 aliphatic heterocycles. The summed E-state index contributed by atoms with van der Waals surface area (Å²) >= 11 is 0. The zero-order chi connectivity index (χ0) is 10.8. The number of hydrogen-bond donors (Lipinski definition) is 2. The van der Waals surface area contributed by atoms with Gasteiger partial charge in [-0.15, -0.1) is 0 Å². The molecule has 0 radical (unpaired) electrons. The number of nitrogen functional groups attached to an aromatic ring is 1. The van der Waals surface area contributed by atoms with E-state index in [4.69, 9.17) is 10.5 Å². The number of nitrogens with zero attached hydrogens (tertiary/aromatic N) is 2. The molecule has 1 aromatic heterocycles. The topological polar surface area (TPSA) is 71.6 Å². The number of pyridine rings is 1. The highest BCUT2D eigenvalue weighted by Gasteiger charge is 2.32. The van der Waals surface area contributed by atoms with Gasteiger partial charge in [-0.3, -0.25) is 0 Å². The number of methoxy groups -OCH3 is 1. The smallest absolute Gasteiger partial charge is 0.151 e. The van der Waals surface area contributed by atoms with Crippen LogP contribution in [-0.4, -0.2) is 42.5 Å². The normalized spacial score (nSPS) is 25.9. The highest BCUT2D eigenvalue weighted by atomic mass is 16.5. The van der Waals surface area contributed by atoms with E-state index in [2.05, 4.69) is 4.98 Å². The van der Waals surface area contributed by atoms with E-state index in [9.17, 15) is 5.11 Å². The summed E-state index contributed by atoms with van der Waals surface area (Å²) in [5, 5.41) is 9.68. The van der Waals surface area contributed by atoms with Crippen molar-refractivity contribution in [3.63, 3.8) is 0 Å². The Morgan fingerprint density at radius 2 is 2.40 bits per heavy atom. The molecule has 1 aromatic rings. The zero-order valence-electron chi connectivity index (χ0n) is 8.63. The molecule has 2 unspecified atom stereocenters. The van der Waals surface area contributed by atoms with Gasteiger partial charge in [-0.05, 0) is 12.1 Å². The van der Waals surface area contributed by atoms with E-state index in [1.165, 1.54) is 0 Å². The Morgan fingerprint density at radius 1 is 1.60 bits per heavy atom. The molecular formula is C10H15N3O2. The van der Waals surface area contributed by atoms with Crippen LogP contribution in [0.5, 0.6) is 0 Å². The molecule has 2 rings (SSSR count). The van der Waals surface area contributed by atoms with Gasteiger partial charge in [-0.25, -0.2) is 4.98 Å². The molecule has 82 valence electrons. The Kier molecular flexibility index (Phi) is 2.75. The summed E-state index contributed by atoms with van der Waals surface area (Å²) < 4.78 is 5.15. The summed E-state index contributed by atoms with van der Waals surface area (Å²) in [7, 11) is 1.60. The molecule has 0 amide bonds. The molecule has 2 heterocycles. The Balaban J connectivity index is 2.17. The lowest BCUT2D eigenvalue weighted by Crippen LogP contribution is -2.25. The maximum atomic E-state index is 9.68. The van der Waals surface area contributed by atoms with Crippen molar-refractivity contribution >= 4 is 11.5 Å². The fraction of sp³-hybridized carbons (Fsp3) is 0.500. The highest BCUT2D eigenvalue weighted by Crippen LogP contribution is 2.24. The van der Waals surface area contributed by atoms with Crippen LogP contribution >= 0.6 is 0 Å². The zero-order valence-corrected chi connectivity index (χ0v) is 8.63. The quantitative estimate of drug-likeness (QED) is 0.709. The Labute approximate surface area is 88.5 Å². The van der Waals surface area contributed by atoms with Crippen LogP contribution in [0.15, 0.2) is 18.3 Å². The van der Waals surface area contributed by atoms with Gasteiger partial charge in [0.1, 0.15) is 6.10 Å². The number of aliphatic hydroxyl groups is 1. The summed E-state index contributed by atoms with van der Waals surface area (Å²) in [6.45, 7) is 1.14. The van der Waals surface area contributed by atoms with E-state index in [0.29, 0.717) is 18.8 Å². The number of ether oxygens (including phenoxy) is 1. The maximum Gasteiger partial charge on any atom is 0.151 e. The third-order valence-corrected chi connectivity index (χ3v) is 2.66. The average molecular weight is 209 g/mol. The number of aromatic nitrogens is 1. The predicted molar refractivity (Wildman–Crippen MR) is 57.7 cm³/mol. The third kappa shape index (κ3) is 1.88. The number of nitrogens with two attached hydrogens (primary N) is 1. The minimum Gasteiger partial charge on any atom is -0.396 e. The van der Waals surface area contributed by atoms with Crippen molar-refractivity contribution in [2.24, 2.45) is 0 Å². The Morgan fingerprint density at radius 3 is 3.00 bits per heavy atom. The fourth-order valence-corrected chi connectivity index (χ4v) is 1.83. The second-order valence-electron chi connectivity index (χ2n) is 3.66. The minimum absolute atomic E-state index is 0.161. The van der Waals surface area contributed by atoms with E-state index in [1.54, 1.807) is 25.4 Å². The van der Waals surface area contributed by atoms with E-state index >= 15 is 0 Å². The molecule has 0 aromatic carbocycles. The first-order chi connectivity index (χ1) is 7.22. The van der Waals surface area contributed by atoms with Gasteiger partial charge < -0.3 is 20.5 Å². The number of aliphatic hydroxyl groups excluding tert-OH is 1. The monoisotopic (exact) mass is 209 g/mol. The highest BCUT2D eigenvalue weighted by molar-refractivity contribution is 5.62. The third-order valence-electron chi connectivity index (χ3n) is 2.66. The van der Waals surface area contributed by atoms with Crippen molar-refractivity contribution in [3.05, 3.63) is 18.3 Å². The van der Waals surface area contributed by atoms with Gasteiger partial charge in [0.15, 0.2) is 5.82 Å². The van der Waals surface area contributed by atoms with Crippen molar-refractivity contribution in [2.75, 3.05) is 30.8 Å². The van der Waals surface area contributed by atoms with Crippen LogP contribution in [0.3, 0.4) is 0 Å². The van der Waals surface area contributed by atoms with Crippen molar-refractivity contribution in [2.45, 2.75) is 12.2 Å². The molecule has 0 bridgehead atoms. The van der Waals surface area contributed by atoms with Gasteiger partial charge in [-0.1, -0.05) is 0 Å². The SMILES string of the molecule is COC1CN(c2ncccc2N)CC1O. The van der Waals surface area contributed by atoms with E-state index in [1.807, 2.05) is 4.90 Å². The summed E-state index contributed by atoms with van der Waals surface area (Å²) in [6, 6.07) is 3.59. The average Bonchev–Trinajstić information content (AvgIpc) is 2.60. The molecule has 1 aliphatic rings. The molecule has 0 saturated carbocycles. The largest absolute Gasteiger partial charge is 0.396 e. The molecule has 1 saturated heterocycles. The Bertz CT molecular complexity index is 345. The van der Waals surface area contributed by atoms with Crippen LogP contribution in [-0.2, 0) is 4.74 Å². The first-order valence-corrected chi connectivity index (χ1v) is 4.88. The molecule has 3 N–H and O–H groups in total. The van der Waals surface area contributed by atoms with Crippen LogP contribution in [0, 0.1) is 0 Å². The van der Waals surface area contributed by atoms with Crippen molar-refractivity contribution in [1.29, 1.82) is 0 Å². The van der Waals surface area contributed by atoms with Crippen LogP contribution in [0.2, 0.25) is 0 Å². The second kappa shape index (κ2) is 4.04. The number of β-amino-alcohol motifs (C(OH)–C–C–N with tert-alkyl or cyclic N) is 1. The molecule has 5 heteroatoms. The summed E-state index contributed by atoms with van der Waals surface area (Å²) in [6.07, 6.45) is 1.06. The second-order valence-corrected chi connectivity index (χ2v) is 3.66. The summed E-state index contributed by atoms with van der Waals surface area (Å²) in [5.41, 5.74) is 6.43. The fourth-order valence-electron chi connectivity index (χ4n) is 1.83. The van der Waals surface area contributed by atoms with Crippen LogP contribution in [0.25, 0.3) is 0 Å². The molecular weight excluding hydrogens is 194 g/mol. The van der Waals surface area contributed by atoms with Crippen LogP contribution in [0.4, 0.5) is 11.5 Å². The molecule has 15 heavy (non-hydrogen) atoms. The Hall–Kier alpha value is -1.33. The van der Waals surface area contributed by atoms with Gasteiger partial charge >= 0.3 is 0 Å². The van der Waals surface area contributed by atoms with Crippen molar-refractivity contribution in [1.82, 2.24) is 4.98 Å². The first-order valence-electron chi connectivity index (χ1n) is 4.88. The van der Waals surface area contributed by atoms with E-state index in [-0.39, 0.29) is 6.10 Å². The minimum atomic E-state index is -0.476. The van der Waals surface area contributed by atoms with Crippen LogP contribution in [0.1, 0.15) is 0 Å². The number of hydrogen-bond acceptors (Lipinski definition) is 5. The molecule has 0 aliphatic carbocycles. The van der Waals surface area contributed by atoms with Gasteiger partial charge in [-0.2, -0.15) is 0 Å². The molecule has 1 fully saturated rings. The molecule has 5 nitrogen and oxygen atoms in total. The molecule has 2 atom stereocenters. The van der Waals surface area contributed by atoms with E-state index < -0.39 is 6.10 Å². The van der Waals surface area contributed by atoms with Gasteiger partial charge in [0.25, 0.3) is 0 Å². The maximum absolute atomic E-state index is 9.68. The van der Waals surface area contributed by atoms with Gasteiger partial charge in [0, 0.05) is 26.4 Å². The van der Waals surface area contributed by atoms with Gasteiger partial charge in [0.05, 0.1) is 11.8 Å². The van der Waals surface area contributed by atoms with Crippen LogP contribution < -0.4 is 10.6 Å². The van der Waals surface area contributed by atoms with Crippen molar-refractivity contribution < 1.29 is 9.84 Å². The first kappa shape index (κ1) is 10.2. The lowest BCUT2D eigenvalue weighted by atomic mass is 10.3. The summed E-state index contributed by atoms with van der Waals surface area (Å²) in [4.78, 5) is 6.14. The lowest BCUT2D eigenvalue weighted by Gasteiger charge is -2.17. The van der Waals surface area contributed by atoms with Crippen molar-refractivity contribution in [3.8, 4) is 0 Å². The lowest BCUT2D eigenvalue weighted by molar-refractivity contribution is 0.0217. The van der Waals surface area contributed by atoms with Gasteiger partial charge in [0.2, 0.25) is 0 Å². The predicted octanol–water partition coefficient (Wildman–Crippen LogP) is -0.140.